The van der Waals surface area contributed by atoms with Crippen LogP contribution in [0.5, 0.6) is 0 Å². The highest BCUT2D eigenvalue weighted by molar-refractivity contribution is 5.84. The summed E-state index contributed by atoms with van der Waals surface area (Å²) in [6, 6.07) is -0.0665. The highest BCUT2D eigenvalue weighted by Gasteiger charge is 2.35. The SMILES string of the molecule is CCCNC1CCN(CC(C)(O)CCOC)C1=O. The summed E-state index contributed by atoms with van der Waals surface area (Å²) in [5.41, 5.74) is -0.870. The Morgan fingerprint density at radius 1 is 1.61 bits per heavy atom. The molecule has 1 amide bonds. The van der Waals surface area contributed by atoms with E-state index in [-0.39, 0.29) is 11.9 Å². The monoisotopic (exact) mass is 258 g/mol. The van der Waals surface area contributed by atoms with Gasteiger partial charge in [0.25, 0.3) is 0 Å². The van der Waals surface area contributed by atoms with E-state index in [0.29, 0.717) is 19.6 Å². The molecule has 1 fully saturated rings. The lowest BCUT2D eigenvalue weighted by Gasteiger charge is -2.29. The Kier molecular flexibility index (Phi) is 6.05. The number of β-amino-alcohol motifs (C(OH)–C–C–N with tert-alkyl or cyclic N) is 1. The van der Waals surface area contributed by atoms with Crippen LogP contribution in [0.4, 0.5) is 0 Å². The summed E-state index contributed by atoms with van der Waals surface area (Å²) < 4.78 is 4.97. The maximum absolute atomic E-state index is 12.1. The van der Waals surface area contributed by atoms with Gasteiger partial charge in [0, 0.05) is 33.2 Å². The van der Waals surface area contributed by atoms with Crippen LogP contribution in [0.1, 0.15) is 33.1 Å². The van der Waals surface area contributed by atoms with Crippen LogP contribution >= 0.6 is 0 Å². The second kappa shape index (κ2) is 7.07. The molecule has 2 N–H and O–H groups in total. The van der Waals surface area contributed by atoms with Crippen LogP contribution in [0.25, 0.3) is 0 Å². The van der Waals surface area contributed by atoms with E-state index in [1.54, 1.807) is 18.9 Å². The number of amides is 1. The van der Waals surface area contributed by atoms with Crippen LogP contribution in [0.2, 0.25) is 0 Å². The molecule has 2 atom stereocenters. The fourth-order valence-electron chi connectivity index (χ4n) is 2.22. The van der Waals surface area contributed by atoms with Crippen molar-refractivity contribution in [3.8, 4) is 0 Å². The van der Waals surface area contributed by atoms with Gasteiger partial charge in [-0.2, -0.15) is 0 Å². The zero-order chi connectivity index (χ0) is 13.6. The molecule has 1 rings (SSSR count). The quantitative estimate of drug-likeness (QED) is 0.660. The van der Waals surface area contributed by atoms with E-state index in [1.807, 2.05) is 0 Å². The molecule has 0 aliphatic carbocycles. The average molecular weight is 258 g/mol. The lowest BCUT2D eigenvalue weighted by Crippen LogP contribution is -2.45. The number of methoxy groups -OCH3 is 1. The summed E-state index contributed by atoms with van der Waals surface area (Å²) >= 11 is 0. The molecule has 0 radical (unpaired) electrons. The van der Waals surface area contributed by atoms with Crippen molar-refractivity contribution >= 4 is 5.91 Å². The van der Waals surface area contributed by atoms with Gasteiger partial charge < -0.3 is 20.1 Å². The minimum Gasteiger partial charge on any atom is -0.388 e. The van der Waals surface area contributed by atoms with Crippen molar-refractivity contribution < 1.29 is 14.6 Å². The van der Waals surface area contributed by atoms with Crippen LogP contribution < -0.4 is 5.32 Å². The van der Waals surface area contributed by atoms with Crippen molar-refractivity contribution in [3.05, 3.63) is 0 Å². The Balaban J connectivity index is 2.41. The molecule has 0 aromatic rings. The molecule has 1 aliphatic heterocycles. The Hall–Kier alpha value is -0.650. The van der Waals surface area contributed by atoms with Gasteiger partial charge in [-0.05, 0) is 26.3 Å². The van der Waals surface area contributed by atoms with Gasteiger partial charge >= 0.3 is 0 Å². The molecule has 18 heavy (non-hydrogen) atoms. The van der Waals surface area contributed by atoms with E-state index in [2.05, 4.69) is 12.2 Å². The van der Waals surface area contributed by atoms with E-state index < -0.39 is 5.60 Å². The van der Waals surface area contributed by atoms with Crippen molar-refractivity contribution in [1.82, 2.24) is 10.2 Å². The van der Waals surface area contributed by atoms with Crippen LogP contribution in [0.15, 0.2) is 0 Å². The third-order valence-corrected chi connectivity index (χ3v) is 3.31. The Labute approximate surface area is 109 Å². The number of hydrogen-bond donors (Lipinski definition) is 2. The van der Waals surface area contributed by atoms with Crippen LogP contribution in [-0.2, 0) is 9.53 Å². The number of likely N-dealkylation sites (tertiary alicyclic amines) is 1. The van der Waals surface area contributed by atoms with Gasteiger partial charge in [0.2, 0.25) is 5.91 Å². The number of nitrogens with zero attached hydrogens (tertiary/aromatic N) is 1. The number of ether oxygens (including phenoxy) is 1. The summed E-state index contributed by atoms with van der Waals surface area (Å²) in [6.45, 7) is 6.32. The number of carbonyl (C=O) groups is 1. The molecule has 1 saturated heterocycles. The molecule has 1 heterocycles. The van der Waals surface area contributed by atoms with Crippen molar-refractivity contribution in [2.75, 3.05) is 33.4 Å². The molecule has 0 spiro atoms. The standard InChI is InChI=1S/C13H26N2O3/c1-4-7-14-11-5-8-15(12(11)16)10-13(2,17)6-9-18-3/h11,14,17H,4-10H2,1-3H3. The molecular weight excluding hydrogens is 232 g/mol. The van der Waals surface area contributed by atoms with Gasteiger partial charge in [-0.1, -0.05) is 6.92 Å². The van der Waals surface area contributed by atoms with Gasteiger partial charge in [0.1, 0.15) is 0 Å². The second-order valence-corrected chi connectivity index (χ2v) is 5.29. The third-order valence-electron chi connectivity index (χ3n) is 3.31. The normalized spacial score (nSPS) is 23.4. The molecular formula is C13H26N2O3. The number of hydrogen-bond acceptors (Lipinski definition) is 4. The van der Waals surface area contributed by atoms with E-state index in [0.717, 1.165) is 25.9 Å². The number of aliphatic hydroxyl groups is 1. The molecule has 0 aromatic heterocycles. The van der Waals surface area contributed by atoms with Crippen molar-refractivity contribution in [1.29, 1.82) is 0 Å². The van der Waals surface area contributed by atoms with Gasteiger partial charge in [0.15, 0.2) is 0 Å². The molecule has 1 aliphatic rings. The largest absolute Gasteiger partial charge is 0.388 e. The van der Waals surface area contributed by atoms with E-state index >= 15 is 0 Å². The molecule has 2 unspecified atom stereocenters. The van der Waals surface area contributed by atoms with Crippen molar-refractivity contribution in [3.63, 3.8) is 0 Å². The predicted molar refractivity (Wildman–Crippen MR) is 70.4 cm³/mol. The van der Waals surface area contributed by atoms with Crippen LogP contribution in [0, 0.1) is 0 Å². The first-order valence-electron chi connectivity index (χ1n) is 6.73. The Bertz CT molecular complexity index is 269. The lowest BCUT2D eigenvalue weighted by atomic mass is 10.0. The Morgan fingerprint density at radius 3 is 2.94 bits per heavy atom. The van der Waals surface area contributed by atoms with Gasteiger partial charge in [0.05, 0.1) is 11.6 Å². The second-order valence-electron chi connectivity index (χ2n) is 5.29. The molecule has 0 saturated carbocycles. The van der Waals surface area contributed by atoms with Gasteiger partial charge in [-0.15, -0.1) is 0 Å². The maximum atomic E-state index is 12.1. The van der Waals surface area contributed by atoms with Gasteiger partial charge in [-0.25, -0.2) is 0 Å². The first kappa shape index (κ1) is 15.4. The van der Waals surface area contributed by atoms with Crippen LogP contribution in [0.3, 0.4) is 0 Å². The van der Waals surface area contributed by atoms with E-state index in [9.17, 15) is 9.90 Å². The minimum absolute atomic E-state index is 0.0665. The summed E-state index contributed by atoms with van der Waals surface area (Å²) in [6.07, 6.45) is 2.40. The summed E-state index contributed by atoms with van der Waals surface area (Å²) in [7, 11) is 1.61. The molecule has 106 valence electrons. The molecule has 5 heteroatoms. The highest BCUT2D eigenvalue weighted by atomic mass is 16.5. The van der Waals surface area contributed by atoms with Crippen molar-refractivity contribution in [2.24, 2.45) is 0 Å². The fraction of sp³-hybridized carbons (Fsp3) is 0.923. The summed E-state index contributed by atoms with van der Waals surface area (Å²) in [5.74, 6) is 0.112. The highest BCUT2D eigenvalue weighted by Crippen LogP contribution is 2.18. The summed E-state index contributed by atoms with van der Waals surface area (Å²) in [5, 5.41) is 13.4. The maximum Gasteiger partial charge on any atom is 0.239 e. The molecule has 5 nitrogen and oxygen atoms in total. The number of carbonyl (C=O) groups excluding carboxylic acids is 1. The Morgan fingerprint density at radius 2 is 2.33 bits per heavy atom. The van der Waals surface area contributed by atoms with E-state index in [4.69, 9.17) is 4.74 Å². The zero-order valence-electron chi connectivity index (χ0n) is 11.7. The molecule has 0 aromatic carbocycles. The fourth-order valence-corrected chi connectivity index (χ4v) is 2.22. The smallest absolute Gasteiger partial charge is 0.239 e. The zero-order valence-corrected chi connectivity index (χ0v) is 11.7. The summed E-state index contributed by atoms with van der Waals surface area (Å²) in [4.78, 5) is 13.8. The first-order valence-corrected chi connectivity index (χ1v) is 6.73. The third kappa shape index (κ3) is 4.55. The minimum atomic E-state index is -0.870. The van der Waals surface area contributed by atoms with E-state index in [1.165, 1.54) is 0 Å². The molecule has 0 bridgehead atoms. The van der Waals surface area contributed by atoms with Crippen molar-refractivity contribution in [2.45, 2.75) is 44.8 Å². The van der Waals surface area contributed by atoms with Crippen LogP contribution in [-0.4, -0.2) is 60.9 Å². The number of rotatable bonds is 8. The first-order chi connectivity index (χ1) is 8.50. The average Bonchev–Trinajstić information content (AvgIpc) is 2.65. The predicted octanol–water partition coefficient (Wildman–Crippen LogP) is 0.374. The topological polar surface area (TPSA) is 61.8 Å². The lowest BCUT2D eigenvalue weighted by molar-refractivity contribution is -0.132. The van der Waals surface area contributed by atoms with Gasteiger partial charge in [-0.3, -0.25) is 4.79 Å². The number of nitrogens with one attached hydrogen (secondary N) is 1.